The minimum Gasteiger partial charge on any atom is -0.264 e. The Morgan fingerprint density at radius 2 is 1.45 bits per heavy atom. The van der Waals surface area contributed by atoms with E-state index < -0.39 is 0 Å². The van der Waals surface area contributed by atoms with Gasteiger partial charge in [-0.25, -0.2) is 0 Å². The Bertz CT molecular complexity index is 1260. The number of halogens is 1. The summed E-state index contributed by atoms with van der Waals surface area (Å²) in [5.41, 5.74) is 2.98. The number of hydrogen-bond donors (Lipinski definition) is 0. The minimum atomic E-state index is 0.910. The van der Waals surface area contributed by atoms with Gasteiger partial charge in [-0.3, -0.25) is 4.98 Å². The lowest BCUT2D eigenvalue weighted by Crippen LogP contribution is -2.03. The van der Waals surface area contributed by atoms with Crippen molar-refractivity contribution in [3.63, 3.8) is 0 Å². The molecule has 5 aromatic rings. The van der Waals surface area contributed by atoms with Crippen LogP contribution in [0.25, 0.3) is 32.3 Å². The van der Waals surface area contributed by atoms with Crippen molar-refractivity contribution in [1.29, 1.82) is 0 Å². The Labute approximate surface area is 176 Å². The largest absolute Gasteiger partial charge is 0.264 e. The number of hydrogen-bond acceptors (Lipinski definition) is 1. The predicted molar refractivity (Wildman–Crippen MR) is 125 cm³/mol. The molecule has 29 heavy (non-hydrogen) atoms. The number of fused-ring (bicyclic) bond motifs is 6. The zero-order valence-electron chi connectivity index (χ0n) is 16.2. The SMILES string of the molecule is Clc1cc2ccccc2c2ccc3c(c12)CCCC3.c1ccc2cnccc2c1. The fraction of sp³-hybridized carbons (Fsp3) is 0.148. The molecular weight excluding hydrogens is 374 g/mol. The summed E-state index contributed by atoms with van der Waals surface area (Å²) in [7, 11) is 0. The topological polar surface area (TPSA) is 12.9 Å². The van der Waals surface area contributed by atoms with Crippen molar-refractivity contribution < 1.29 is 0 Å². The summed E-state index contributed by atoms with van der Waals surface area (Å²) in [5.74, 6) is 0. The average molecular weight is 396 g/mol. The van der Waals surface area contributed by atoms with Gasteiger partial charge in [-0.2, -0.15) is 0 Å². The molecule has 1 aromatic heterocycles. The van der Waals surface area contributed by atoms with E-state index in [2.05, 4.69) is 59.6 Å². The molecule has 0 bridgehead atoms. The van der Waals surface area contributed by atoms with Crippen LogP contribution in [0.2, 0.25) is 5.02 Å². The molecule has 0 atom stereocenters. The molecule has 0 fully saturated rings. The van der Waals surface area contributed by atoms with E-state index in [9.17, 15) is 0 Å². The van der Waals surface area contributed by atoms with Crippen LogP contribution in [-0.2, 0) is 12.8 Å². The van der Waals surface area contributed by atoms with Gasteiger partial charge in [0.2, 0.25) is 0 Å². The van der Waals surface area contributed by atoms with E-state index in [0.717, 1.165) is 5.02 Å². The van der Waals surface area contributed by atoms with Gasteiger partial charge in [0.15, 0.2) is 0 Å². The van der Waals surface area contributed by atoms with Gasteiger partial charge in [-0.05, 0) is 75.9 Å². The van der Waals surface area contributed by atoms with Crippen LogP contribution in [0.1, 0.15) is 24.0 Å². The Kier molecular flexibility index (Phi) is 4.91. The standard InChI is InChI=1S/C18H15Cl.C9H7N/c19-17-11-13-6-2-3-7-14(13)16-10-9-12-5-1-4-8-15(12)18(16)17;1-2-4-9-7-10-6-5-8(9)3-1/h2-3,6-7,9-11H,1,4-5,8H2;1-7H. The molecule has 142 valence electrons. The molecule has 1 heterocycles. The second-order valence-electron chi connectivity index (χ2n) is 7.64. The molecule has 1 aliphatic rings. The van der Waals surface area contributed by atoms with Gasteiger partial charge in [0, 0.05) is 22.8 Å². The van der Waals surface area contributed by atoms with Crippen LogP contribution in [0.5, 0.6) is 0 Å². The van der Waals surface area contributed by atoms with Crippen LogP contribution in [0.15, 0.2) is 85.2 Å². The maximum Gasteiger partial charge on any atom is 0.0493 e. The molecule has 0 aliphatic heterocycles. The van der Waals surface area contributed by atoms with Gasteiger partial charge in [0.05, 0.1) is 0 Å². The highest BCUT2D eigenvalue weighted by Crippen LogP contribution is 2.37. The average Bonchev–Trinajstić information content (AvgIpc) is 2.79. The fourth-order valence-electron chi connectivity index (χ4n) is 4.43. The summed E-state index contributed by atoms with van der Waals surface area (Å²) in [6.07, 6.45) is 8.65. The summed E-state index contributed by atoms with van der Waals surface area (Å²) in [4.78, 5) is 4.01. The Hall–Kier alpha value is -2.90. The van der Waals surface area contributed by atoms with Crippen molar-refractivity contribution >= 4 is 43.9 Å². The third-order valence-electron chi connectivity index (χ3n) is 5.85. The second-order valence-corrected chi connectivity index (χ2v) is 8.04. The highest BCUT2D eigenvalue weighted by atomic mass is 35.5. The molecule has 0 spiro atoms. The third-order valence-corrected chi connectivity index (χ3v) is 6.15. The number of nitrogens with zero attached hydrogens (tertiary/aromatic N) is 1. The molecule has 2 heteroatoms. The molecule has 1 aliphatic carbocycles. The smallest absolute Gasteiger partial charge is 0.0493 e. The van der Waals surface area contributed by atoms with Crippen molar-refractivity contribution in [2.45, 2.75) is 25.7 Å². The Morgan fingerprint density at radius 1 is 0.690 bits per heavy atom. The van der Waals surface area contributed by atoms with E-state index in [4.69, 9.17) is 11.6 Å². The van der Waals surface area contributed by atoms with Crippen molar-refractivity contribution in [3.05, 3.63) is 101 Å². The Balaban J connectivity index is 0.000000153. The number of aryl methyl sites for hydroxylation is 2. The highest BCUT2D eigenvalue weighted by Gasteiger charge is 2.15. The fourth-order valence-corrected chi connectivity index (χ4v) is 4.76. The lowest BCUT2D eigenvalue weighted by molar-refractivity contribution is 0.690. The van der Waals surface area contributed by atoms with E-state index >= 15 is 0 Å². The van der Waals surface area contributed by atoms with Crippen LogP contribution < -0.4 is 0 Å². The molecule has 0 unspecified atom stereocenters. The normalized spacial score (nSPS) is 13.1. The first-order valence-electron chi connectivity index (χ1n) is 10.2. The molecule has 6 rings (SSSR count). The predicted octanol–water partition coefficient (Wildman–Crippen LogP) is 7.76. The van der Waals surface area contributed by atoms with Gasteiger partial charge < -0.3 is 0 Å². The van der Waals surface area contributed by atoms with E-state index in [1.807, 2.05) is 30.6 Å². The summed E-state index contributed by atoms with van der Waals surface area (Å²) in [5, 5.41) is 8.50. The van der Waals surface area contributed by atoms with Crippen molar-refractivity contribution in [2.24, 2.45) is 0 Å². The van der Waals surface area contributed by atoms with Gasteiger partial charge in [-0.15, -0.1) is 0 Å². The first-order chi connectivity index (χ1) is 14.3. The van der Waals surface area contributed by atoms with E-state index in [1.165, 1.54) is 69.1 Å². The summed E-state index contributed by atoms with van der Waals surface area (Å²) < 4.78 is 0. The number of aromatic nitrogens is 1. The van der Waals surface area contributed by atoms with E-state index in [0.29, 0.717) is 0 Å². The lowest BCUT2D eigenvalue weighted by Gasteiger charge is -2.19. The first-order valence-corrected chi connectivity index (χ1v) is 10.6. The zero-order valence-corrected chi connectivity index (χ0v) is 17.0. The quantitative estimate of drug-likeness (QED) is 0.244. The maximum absolute atomic E-state index is 6.57. The van der Waals surface area contributed by atoms with Crippen LogP contribution in [0, 0.1) is 0 Å². The maximum atomic E-state index is 6.57. The number of pyridine rings is 1. The molecule has 0 N–H and O–H groups in total. The molecule has 0 saturated carbocycles. The number of rotatable bonds is 0. The van der Waals surface area contributed by atoms with Crippen LogP contribution in [0.3, 0.4) is 0 Å². The van der Waals surface area contributed by atoms with Gasteiger partial charge in [-0.1, -0.05) is 72.3 Å². The molecule has 0 radical (unpaired) electrons. The molecule has 0 saturated heterocycles. The Morgan fingerprint density at radius 3 is 2.31 bits per heavy atom. The van der Waals surface area contributed by atoms with Gasteiger partial charge in [0.25, 0.3) is 0 Å². The zero-order chi connectivity index (χ0) is 19.6. The summed E-state index contributed by atoms with van der Waals surface area (Å²) in [6, 6.07) is 25.4. The highest BCUT2D eigenvalue weighted by molar-refractivity contribution is 6.38. The third kappa shape index (κ3) is 3.47. The summed E-state index contributed by atoms with van der Waals surface area (Å²) in [6.45, 7) is 0. The molecule has 4 aromatic carbocycles. The monoisotopic (exact) mass is 395 g/mol. The van der Waals surface area contributed by atoms with Gasteiger partial charge >= 0.3 is 0 Å². The van der Waals surface area contributed by atoms with Crippen LogP contribution in [0.4, 0.5) is 0 Å². The molecule has 0 amide bonds. The molecule has 1 nitrogen and oxygen atoms in total. The van der Waals surface area contributed by atoms with Gasteiger partial charge in [0.1, 0.15) is 0 Å². The van der Waals surface area contributed by atoms with Crippen molar-refractivity contribution in [2.75, 3.05) is 0 Å². The number of benzene rings is 4. The first kappa shape index (κ1) is 18.1. The lowest BCUT2D eigenvalue weighted by atomic mass is 9.86. The summed E-state index contributed by atoms with van der Waals surface area (Å²) >= 11 is 6.57. The van der Waals surface area contributed by atoms with E-state index in [-0.39, 0.29) is 0 Å². The minimum absolute atomic E-state index is 0.910. The second kappa shape index (κ2) is 7.85. The van der Waals surface area contributed by atoms with Crippen molar-refractivity contribution in [3.8, 4) is 0 Å². The molecular formula is C27H22ClN. The van der Waals surface area contributed by atoms with Crippen molar-refractivity contribution in [1.82, 2.24) is 4.98 Å². The van der Waals surface area contributed by atoms with E-state index in [1.54, 1.807) is 0 Å². The van der Waals surface area contributed by atoms with Crippen LogP contribution >= 0.6 is 11.6 Å². The van der Waals surface area contributed by atoms with Crippen LogP contribution in [-0.4, -0.2) is 4.98 Å².